The Bertz CT molecular complexity index is 916. The van der Waals surface area contributed by atoms with Gasteiger partial charge in [-0.2, -0.15) is 0 Å². The number of ether oxygens (including phenoxy) is 1. The minimum Gasteiger partial charge on any atom is -0.481 e. The first-order valence-corrected chi connectivity index (χ1v) is 11.3. The summed E-state index contributed by atoms with van der Waals surface area (Å²) in [6.45, 7) is 1.69. The maximum Gasteiger partial charge on any atom is 0.469 e. The number of hydrogen-bond donors (Lipinski definition) is 3. The molecule has 0 aliphatic heterocycles. The van der Waals surface area contributed by atoms with Gasteiger partial charge in [0, 0.05) is 16.5 Å². The molecule has 1 unspecified atom stereocenters. The van der Waals surface area contributed by atoms with Crippen molar-refractivity contribution >= 4 is 42.4 Å². The highest BCUT2D eigenvalue weighted by Crippen LogP contribution is 2.37. The van der Waals surface area contributed by atoms with Gasteiger partial charge in [-0.05, 0) is 44.0 Å². The number of aryl methyl sites for hydroxylation is 1. The molecule has 152 valence electrons. The summed E-state index contributed by atoms with van der Waals surface area (Å²) in [5, 5.41) is 0.890. The largest absolute Gasteiger partial charge is 0.481 e. The summed E-state index contributed by atoms with van der Waals surface area (Å²) in [6, 6.07) is 8.88. The van der Waals surface area contributed by atoms with Crippen LogP contribution in [0.2, 0.25) is 10.0 Å². The maximum absolute atomic E-state index is 10.8. The van der Waals surface area contributed by atoms with Gasteiger partial charge in [-0.1, -0.05) is 35.0 Å². The van der Waals surface area contributed by atoms with Crippen LogP contribution < -0.4 is 10.5 Å². The van der Waals surface area contributed by atoms with Gasteiger partial charge < -0.3 is 20.3 Å². The fourth-order valence-electron chi connectivity index (χ4n) is 2.10. The van der Waals surface area contributed by atoms with E-state index in [1.54, 1.807) is 25.1 Å². The van der Waals surface area contributed by atoms with E-state index in [-0.39, 0.29) is 13.2 Å². The molecular weight excluding hydrogens is 444 g/mol. The lowest BCUT2D eigenvalue weighted by molar-refractivity contribution is 0.154. The number of hydrogen-bond acceptors (Lipinski definition) is 5. The van der Waals surface area contributed by atoms with Gasteiger partial charge in [0.1, 0.15) is 12.4 Å². The molecule has 1 aromatic carbocycles. The third kappa shape index (κ3) is 8.52. The first-order valence-electron chi connectivity index (χ1n) is 8.18. The van der Waals surface area contributed by atoms with Crippen LogP contribution in [0.4, 0.5) is 0 Å². The van der Waals surface area contributed by atoms with E-state index >= 15 is 0 Å². The Kier molecular flexibility index (Phi) is 8.38. The van der Waals surface area contributed by atoms with Gasteiger partial charge in [0.05, 0.1) is 21.5 Å². The standard InChI is InChI=1S/C18H20Cl2NO5PS/c1-18(21,12-26-27(22,23)24)9-8-15-6-5-14(28-15)3-2-10-25-13-4-7-16(19)17(20)11-13/h4-7,11H,8-10,12,21H2,1H3,(H2,22,23,24). The van der Waals surface area contributed by atoms with Gasteiger partial charge in [-0.3, -0.25) is 4.52 Å². The van der Waals surface area contributed by atoms with Crippen molar-refractivity contribution in [2.75, 3.05) is 13.2 Å². The lowest BCUT2D eigenvalue weighted by Crippen LogP contribution is -2.41. The second-order valence-corrected chi connectivity index (χ2v) is 9.57. The fraction of sp³-hybridized carbons (Fsp3) is 0.333. The van der Waals surface area contributed by atoms with Crippen molar-refractivity contribution < 1.29 is 23.6 Å². The van der Waals surface area contributed by atoms with E-state index in [1.165, 1.54) is 11.3 Å². The zero-order chi connectivity index (χ0) is 20.8. The molecule has 1 atom stereocenters. The third-order valence-corrected chi connectivity index (χ3v) is 5.85. The summed E-state index contributed by atoms with van der Waals surface area (Å²) >= 11 is 13.3. The number of benzene rings is 1. The molecule has 1 aromatic heterocycles. The van der Waals surface area contributed by atoms with Crippen molar-refractivity contribution in [1.82, 2.24) is 0 Å². The van der Waals surface area contributed by atoms with Crippen molar-refractivity contribution in [1.29, 1.82) is 0 Å². The Morgan fingerprint density at radius 2 is 2.00 bits per heavy atom. The van der Waals surface area contributed by atoms with Gasteiger partial charge >= 0.3 is 7.82 Å². The molecule has 2 aromatic rings. The van der Waals surface area contributed by atoms with Crippen LogP contribution in [-0.4, -0.2) is 28.5 Å². The zero-order valence-electron chi connectivity index (χ0n) is 15.0. The Morgan fingerprint density at radius 3 is 2.68 bits per heavy atom. The molecule has 0 amide bonds. The number of nitrogens with two attached hydrogens (primary N) is 1. The number of thiophene rings is 1. The van der Waals surface area contributed by atoms with Crippen LogP contribution in [0.5, 0.6) is 5.75 Å². The molecule has 28 heavy (non-hydrogen) atoms. The zero-order valence-corrected chi connectivity index (χ0v) is 18.2. The molecule has 0 radical (unpaired) electrons. The van der Waals surface area contributed by atoms with E-state index < -0.39 is 13.4 Å². The topological polar surface area (TPSA) is 102 Å². The van der Waals surface area contributed by atoms with Crippen LogP contribution in [0.3, 0.4) is 0 Å². The highest BCUT2D eigenvalue weighted by Gasteiger charge is 2.24. The van der Waals surface area contributed by atoms with E-state index in [1.807, 2.05) is 12.1 Å². The van der Waals surface area contributed by atoms with Crippen molar-refractivity contribution in [3.8, 4) is 17.6 Å². The smallest absolute Gasteiger partial charge is 0.469 e. The summed E-state index contributed by atoms with van der Waals surface area (Å²) in [7, 11) is -4.52. The highest BCUT2D eigenvalue weighted by atomic mass is 35.5. The molecule has 0 aliphatic rings. The predicted octanol–water partition coefficient (Wildman–Crippen LogP) is 4.24. The SMILES string of the molecule is CC(N)(CCc1ccc(C#CCOc2ccc(Cl)c(Cl)c2)s1)COP(=O)(O)O. The molecular formula is C18H20Cl2NO5PS. The first kappa shape index (κ1) is 23.2. The quantitative estimate of drug-likeness (QED) is 0.399. The molecule has 4 N–H and O–H groups in total. The minimum absolute atomic E-state index is 0.214. The van der Waals surface area contributed by atoms with Crippen LogP contribution in [0.1, 0.15) is 23.1 Å². The van der Waals surface area contributed by atoms with Crippen LogP contribution in [0, 0.1) is 11.8 Å². The summed E-state index contributed by atoms with van der Waals surface area (Å²) in [4.78, 5) is 19.5. The average molecular weight is 464 g/mol. The van der Waals surface area contributed by atoms with Crippen LogP contribution in [-0.2, 0) is 15.5 Å². The Hall–Kier alpha value is -1.07. The monoisotopic (exact) mass is 463 g/mol. The second-order valence-electron chi connectivity index (χ2n) is 6.35. The predicted molar refractivity (Wildman–Crippen MR) is 112 cm³/mol. The normalized spacial score (nSPS) is 13.5. The molecule has 1 heterocycles. The maximum atomic E-state index is 10.8. The van der Waals surface area contributed by atoms with Crippen molar-refractivity contribution in [3.63, 3.8) is 0 Å². The average Bonchev–Trinajstić information content (AvgIpc) is 3.06. The van der Waals surface area contributed by atoms with Crippen LogP contribution in [0.15, 0.2) is 30.3 Å². The molecule has 6 nitrogen and oxygen atoms in total. The number of rotatable bonds is 8. The third-order valence-electron chi connectivity index (χ3n) is 3.58. The lowest BCUT2D eigenvalue weighted by atomic mass is 9.98. The minimum atomic E-state index is -4.52. The number of phosphoric acid groups is 1. The van der Waals surface area contributed by atoms with Gasteiger partial charge in [0.25, 0.3) is 0 Å². The van der Waals surface area contributed by atoms with Crippen LogP contribution in [0.25, 0.3) is 0 Å². The van der Waals surface area contributed by atoms with Gasteiger partial charge in [0.15, 0.2) is 0 Å². The van der Waals surface area contributed by atoms with Gasteiger partial charge in [0.2, 0.25) is 0 Å². The Labute approximate surface area is 177 Å². The van der Waals surface area contributed by atoms with Gasteiger partial charge in [-0.15, -0.1) is 11.3 Å². The van der Waals surface area contributed by atoms with E-state index in [4.69, 9.17) is 43.5 Å². The fourth-order valence-corrected chi connectivity index (χ4v) is 3.73. The molecule has 0 spiro atoms. The molecule has 0 saturated heterocycles. The van der Waals surface area contributed by atoms with Crippen molar-refractivity contribution in [2.24, 2.45) is 5.73 Å². The van der Waals surface area contributed by atoms with E-state index in [2.05, 4.69) is 16.4 Å². The van der Waals surface area contributed by atoms with Crippen molar-refractivity contribution in [2.45, 2.75) is 25.3 Å². The Balaban J connectivity index is 1.81. The lowest BCUT2D eigenvalue weighted by Gasteiger charge is -2.24. The van der Waals surface area contributed by atoms with Crippen LogP contribution >= 0.6 is 42.4 Å². The summed E-state index contributed by atoms with van der Waals surface area (Å²) in [6.07, 6.45) is 1.17. The van der Waals surface area contributed by atoms with E-state index in [9.17, 15) is 4.57 Å². The molecule has 10 heteroatoms. The second kappa shape index (κ2) is 10.1. The molecule has 0 fully saturated rings. The summed E-state index contributed by atoms with van der Waals surface area (Å²) in [5.74, 6) is 6.56. The van der Waals surface area contributed by atoms with E-state index in [0.29, 0.717) is 28.6 Å². The highest BCUT2D eigenvalue weighted by molar-refractivity contribution is 7.46. The van der Waals surface area contributed by atoms with Gasteiger partial charge in [-0.25, -0.2) is 4.57 Å². The molecule has 0 aliphatic carbocycles. The van der Waals surface area contributed by atoms with Crippen molar-refractivity contribution in [3.05, 3.63) is 50.1 Å². The molecule has 2 rings (SSSR count). The number of halogens is 2. The summed E-state index contributed by atoms with van der Waals surface area (Å²) in [5.41, 5.74) is 5.18. The number of phosphoric ester groups is 1. The Morgan fingerprint density at radius 1 is 1.25 bits per heavy atom. The van der Waals surface area contributed by atoms with E-state index in [0.717, 1.165) is 9.75 Å². The summed E-state index contributed by atoms with van der Waals surface area (Å²) < 4.78 is 20.8. The molecule has 0 saturated carbocycles. The molecule has 0 bridgehead atoms. The first-order chi connectivity index (χ1) is 13.0.